The van der Waals surface area contributed by atoms with Crippen LogP contribution in [0.5, 0.6) is 5.75 Å². The van der Waals surface area contributed by atoms with E-state index in [2.05, 4.69) is 4.98 Å². The Morgan fingerprint density at radius 2 is 2.11 bits per heavy atom. The van der Waals surface area contributed by atoms with Crippen molar-refractivity contribution in [1.82, 2.24) is 4.98 Å². The van der Waals surface area contributed by atoms with E-state index < -0.39 is 0 Å². The number of ether oxygens (including phenoxy) is 1. The monoisotopic (exact) mass is 261 g/mol. The van der Waals surface area contributed by atoms with Crippen LogP contribution in [-0.2, 0) is 0 Å². The lowest BCUT2D eigenvalue weighted by Gasteiger charge is -2.07. The van der Waals surface area contributed by atoms with Gasteiger partial charge in [0.1, 0.15) is 5.75 Å². The normalized spacial score (nSPS) is 10.2. The lowest BCUT2D eigenvalue weighted by Crippen LogP contribution is -2.05. The predicted octanol–water partition coefficient (Wildman–Crippen LogP) is 3.28. The summed E-state index contributed by atoms with van der Waals surface area (Å²) < 4.78 is 5.10. The van der Waals surface area contributed by atoms with Gasteiger partial charge in [0.15, 0.2) is 5.78 Å². The highest BCUT2D eigenvalue weighted by atomic mass is 35.5. The number of aryl methyl sites for hydroxylation is 1. The average molecular weight is 262 g/mol. The minimum absolute atomic E-state index is 0.0874. The first kappa shape index (κ1) is 12.6. The van der Waals surface area contributed by atoms with Crippen LogP contribution >= 0.6 is 11.6 Å². The molecule has 0 aliphatic carbocycles. The van der Waals surface area contributed by atoms with Crippen LogP contribution in [0.2, 0.25) is 5.02 Å². The van der Waals surface area contributed by atoms with Crippen molar-refractivity contribution in [2.75, 3.05) is 7.11 Å². The molecule has 0 atom stereocenters. The van der Waals surface area contributed by atoms with Crippen LogP contribution in [-0.4, -0.2) is 17.9 Å². The minimum Gasteiger partial charge on any atom is -0.495 e. The molecular formula is C14H12ClNO2. The van der Waals surface area contributed by atoms with Crippen molar-refractivity contribution in [3.05, 3.63) is 58.4 Å². The fourth-order valence-electron chi connectivity index (χ4n) is 1.68. The number of halogens is 1. The van der Waals surface area contributed by atoms with E-state index in [0.717, 1.165) is 0 Å². The first-order valence-corrected chi connectivity index (χ1v) is 5.81. The van der Waals surface area contributed by atoms with Gasteiger partial charge in [-0.15, -0.1) is 0 Å². The Kier molecular flexibility index (Phi) is 3.63. The minimum atomic E-state index is -0.0874. The number of methoxy groups -OCH3 is 1. The Balaban J connectivity index is 2.44. The number of hydrogen-bond donors (Lipinski definition) is 0. The van der Waals surface area contributed by atoms with Crippen molar-refractivity contribution in [2.24, 2.45) is 0 Å². The largest absolute Gasteiger partial charge is 0.495 e. The molecule has 0 N–H and O–H groups in total. The van der Waals surface area contributed by atoms with Gasteiger partial charge in [0.25, 0.3) is 0 Å². The Bertz CT molecular complexity index is 596. The fraction of sp³-hybridized carbons (Fsp3) is 0.143. The second kappa shape index (κ2) is 5.19. The molecule has 92 valence electrons. The molecule has 0 unspecified atom stereocenters. The fourth-order valence-corrected chi connectivity index (χ4v) is 1.88. The standard InChI is InChI=1S/C14H12ClNO2/c1-9-11(4-3-7-16-9)14(17)10-5-6-12(15)13(8-10)18-2/h3-8H,1-2H3. The van der Waals surface area contributed by atoms with Crippen LogP contribution in [0.25, 0.3) is 0 Å². The first-order valence-electron chi connectivity index (χ1n) is 5.43. The molecule has 2 aromatic rings. The molecular weight excluding hydrogens is 250 g/mol. The second-order valence-electron chi connectivity index (χ2n) is 3.81. The molecule has 3 nitrogen and oxygen atoms in total. The maximum Gasteiger partial charge on any atom is 0.194 e. The van der Waals surface area contributed by atoms with Gasteiger partial charge in [-0.3, -0.25) is 9.78 Å². The number of rotatable bonds is 3. The van der Waals surface area contributed by atoms with E-state index in [0.29, 0.717) is 27.6 Å². The molecule has 0 spiro atoms. The van der Waals surface area contributed by atoms with E-state index in [1.807, 2.05) is 0 Å². The molecule has 0 bridgehead atoms. The molecule has 1 aromatic heterocycles. The number of aromatic nitrogens is 1. The Morgan fingerprint density at radius 1 is 1.33 bits per heavy atom. The SMILES string of the molecule is COc1cc(C(=O)c2cccnc2C)ccc1Cl. The predicted molar refractivity (Wildman–Crippen MR) is 70.4 cm³/mol. The van der Waals surface area contributed by atoms with Crippen LogP contribution in [0.15, 0.2) is 36.5 Å². The zero-order chi connectivity index (χ0) is 13.1. The summed E-state index contributed by atoms with van der Waals surface area (Å²) in [5, 5.41) is 0.483. The lowest BCUT2D eigenvalue weighted by atomic mass is 10.0. The van der Waals surface area contributed by atoms with Crippen molar-refractivity contribution in [3.8, 4) is 5.75 Å². The zero-order valence-corrected chi connectivity index (χ0v) is 10.9. The van der Waals surface area contributed by atoms with Gasteiger partial charge in [-0.2, -0.15) is 0 Å². The number of carbonyl (C=O) groups excluding carboxylic acids is 1. The Morgan fingerprint density at radius 3 is 2.78 bits per heavy atom. The summed E-state index contributed by atoms with van der Waals surface area (Å²) in [6.07, 6.45) is 1.66. The summed E-state index contributed by atoms with van der Waals surface area (Å²) >= 11 is 5.93. The van der Waals surface area contributed by atoms with Gasteiger partial charge >= 0.3 is 0 Å². The van der Waals surface area contributed by atoms with E-state index >= 15 is 0 Å². The maximum atomic E-state index is 12.3. The molecule has 0 amide bonds. The molecule has 0 radical (unpaired) electrons. The van der Waals surface area contributed by atoms with E-state index in [1.165, 1.54) is 7.11 Å². The van der Waals surface area contributed by atoms with Gasteiger partial charge in [0.05, 0.1) is 12.1 Å². The van der Waals surface area contributed by atoms with Gasteiger partial charge in [-0.1, -0.05) is 11.6 Å². The smallest absolute Gasteiger partial charge is 0.194 e. The molecule has 1 heterocycles. The molecule has 4 heteroatoms. The van der Waals surface area contributed by atoms with Crippen molar-refractivity contribution in [3.63, 3.8) is 0 Å². The number of carbonyl (C=O) groups is 1. The molecule has 0 saturated carbocycles. The highest BCUT2D eigenvalue weighted by Gasteiger charge is 2.13. The molecule has 2 rings (SSSR count). The van der Waals surface area contributed by atoms with Gasteiger partial charge in [-0.25, -0.2) is 0 Å². The van der Waals surface area contributed by atoms with Crippen molar-refractivity contribution >= 4 is 17.4 Å². The highest BCUT2D eigenvalue weighted by Crippen LogP contribution is 2.26. The topological polar surface area (TPSA) is 39.2 Å². The van der Waals surface area contributed by atoms with Crippen LogP contribution in [0.1, 0.15) is 21.6 Å². The third-order valence-corrected chi connectivity index (χ3v) is 2.98. The molecule has 0 fully saturated rings. The van der Waals surface area contributed by atoms with Crippen LogP contribution in [0, 0.1) is 6.92 Å². The summed E-state index contributed by atoms with van der Waals surface area (Å²) in [5.41, 5.74) is 1.82. The zero-order valence-electron chi connectivity index (χ0n) is 10.1. The van der Waals surface area contributed by atoms with E-state index in [-0.39, 0.29) is 5.78 Å². The van der Waals surface area contributed by atoms with Gasteiger partial charge < -0.3 is 4.74 Å². The Hall–Kier alpha value is -1.87. The van der Waals surface area contributed by atoms with E-state index in [1.54, 1.807) is 43.5 Å². The number of ketones is 1. The molecule has 18 heavy (non-hydrogen) atoms. The van der Waals surface area contributed by atoms with Gasteiger partial charge in [-0.05, 0) is 37.3 Å². The molecule has 0 aliphatic rings. The summed E-state index contributed by atoms with van der Waals surface area (Å²) in [5.74, 6) is 0.402. The third kappa shape index (κ3) is 2.36. The summed E-state index contributed by atoms with van der Waals surface area (Å²) in [7, 11) is 1.52. The number of nitrogens with zero attached hydrogens (tertiary/aromatic N) is 1. The molecule has 0 saturated heterocycles. The van der Waals surface area contributed by atoms with Crippen LogP contribution in [0.4, 0.5) is 0 Å². The van der Waals surface area contributed by atoms with Crippen molar-refractivity contribution in [2.45, 2.75) is 6.92 Å². The van der Waals surface area contributed by atoms with Gasteiger partial charge in [0, 0.05) is 23.0 Å². The Labute approximate surface area is 110 Å². The van der Waals surface area contributed by atoms with Crippen molar-refractivity contribution in [1.29, 1.82) is 0 Å². The van der Waals surface area contributed by atoms with Crippen LogP contribution < -0.4 is 4.74 Å². The third-order valence-electron chi connectivity index (χ3n) is 2.66. The van der Waals surface area contributed by atoms with E-state index in [9.17, 15) is 4.79 Å². The molecule has 0 aliphatic heterocycles. The number of pyridine rings is 1. The number of hydrogen-bond acceptors (Lipinski definition) is 3. The van der Waals surface area contributed by atoms with Gasteiger partial charge in [0.2, 0.25) is 0 Å². The lowest BCUT2D eigenvalue weighted by molar-refractivity contribution is 0.103. The van der Waals surface area contributed by atoms with E-state index in [4.69, 9.17) is 16.3 Å². The highest BCUT2D eigenvalue weighted by molar-refractivity contribution is 6.32. The quantitative estimate of drug-likeness (QED) is 0.796. The summed E-state index contributed by atoms with van der Waals surface area (Å²) in [6, 6.07) is 8.47. The molecule has 1 aromatic carbocycles. The number of benzene rings is 1. The first-order chi connectivity index (χ1) is 8.63. The summed E-state index contributed by atoms with van der Waals surface area (Å²) in [6.45, 7) is 1.81. The van der Waals surface area contributed by atoms with Crippen molar-refractivity contribution < 1.29 is 9.53 Å². The van der Waals surface area contributed by atoms with Crippen LogP contribution in [0.3, 0.4) is 0 Å². The average Bonchev–Trinajstić information content (AvgIpc) is 2.39. The summed E-state index contributed by atoms with van der Waals surface area (Å²) in [4.78, 5) is 16.4. The second-order valence-corrected chi connectivity index (χ2v) is 4.22. The maximum absolute atomic E-state index is 12.3.